The van der Waals surface area contributed by atoms with Gasteiger partial charge >= 0.3 is 0 Å². The first-order chi connectivity index (χ1) is 9.66. The normalized spacial score (nSPS) is 33.7. The van der Waals surface area contributed by atoms with Crippen LogP contribution in [0.3, 0.4) is 0 Å². The van der Waals surface area contributed by atoms with Crippen molar-refractivity contribution < 1.29 is 5.11 Å². The molecular weight excluding hydrogens is 248 g/mol. The number of nitrogens with one attached hydrogen (secondary N) is 1. The highest BCUT2D eigenvalue weighted by molar-refractivity contribution is 5.25. The van der Waals surface area contributed by atoms with E-state index < -0.39 is 5.60 Å². The van der Waals surface area contributed by atoms with Crippen LogP contribution in [0.25, 0.3) is 0 Å². The fraction of sp³-hybridized carbons (Fsp3) is 0.706. The number of hydrogen-bond donors (Lipinski definition) is 2. The lowest BCUT2D eigenvalue weighted by Gasteiger charge is -2.37. The van der Waals surface area contributed by atoms with Crippen LogP contribution in [0.4, 0.5) is 0 Å². The molecule has 2 N–H and O–H groups in total. The molecule has 3 unspecified atom stereocenters. The van der Waals surface area contributed by atoms with E-state index in [1.165, 1.54) is 24.1 Å². The van der Waals surface area contributed by atoms with Crippen LogP contribution >= 0.6 is 0 Å². The molecule has 1 fully saturated rings. The van der Waals surface area contributed by atoms with Crippen molar-refractivity contribution >= 4 is 0 Å². The Morgan fingerprint density at radius 1 is 1.40 bits per heavy atom. The molecule has 1 aromatic heterocycles. The minimum atomic E-state index is -0.510. The summed E-state index contributed by atoms with van der Waals surface area (Å²) in [6, 6.07) is 4.53. The van der Waals surface area contributed by atoms with Gasteiger partial charge in [-0.1, -0.05) is 25.8 Å². The lowest BCUT2D eigenvalue weighted by molar-refractivity contribution is -0.0142. The highest BCUT2D eigenvalue weighted by Gasteiger charge is 2.33. The fourth-order valence-corrected chi connectivity index (χ4v) is 3.91. The number of hydrogen-bond acceptors (Lipinski definition) is 3. The van der Waals surface area contributed by atoms with Gasteiger partial charge in [0.2, 0.25) is 0 Å². The van der Waals surface area contributed by atoms with E-state index in [1.54, 1.807) is 0 Å². The van der Waals surface area contributed by atoms with Gasteiger partial charge in [0.25, 0.3) is 0 Å². The molecule has 3 nitrogen and oxygen atoms in total. The Morgan fingerprint density at radius 3 is 3.15 bits per heavy atom. The molecule has 0 amide bonds. The first kappa shape index (κ1) is 14.0. The lowest BCUT2D eigenvalue weighted by Crippen LogP contribution is -2.45. The van der Waals surface area contributed by atoms with Crippen LogP contribution in [0.15, 0.2) is 18.3 Å². The maximum absolute atomic E-state index is 10.7. The molecule has 0 bridgehead atoms. The second-order valence-electron chi connectivity index (χ2n) is 6.80. The number of rotatable bonds is 3. The van der Waals surface area contributed by atoms with Gasteiger partial charge in [0.15, 0.2) is 0 Å². The maximum Gasteiger partial charge on any atom is 0.0774 e. The molecule has 2 aliphatic carbocycles. The van der Waals surface area contributed by atoms with Crippen molar-refractivity contribution in [3.05, 3.63) is 29.6 Å². The van der Waals surface area contributed by atoms with E-state index in [4.69, 9.17) is 0 Å². The third-order valence-electron chi connectivity index (χ3n) is 4.94. The largest absolute Gasteiger partial charge is 0.389 e. The van der Waals surface area contributed by atoms with Crippen molar-refractivity contribution in [1.82, 2.24) is 10.3 Å². The van der Waals surface area contributed by atoms with Crippen molar-refractivity contribution in [3.8, 4) is 0 Å². The molecule has 3 rings (SSSR count). The van der Waals surface area contributed by atoms with E-state index in [0.29, 0.717) is 18.5 Å². The summed E-state index contributed by atoms with van der Waals surface area (Å²) in [5.41, 5.74) is 2.07. The monoisotopic (exact) mass is 274 g/mol. The molecule has 1 saturated carbocycles. The number of aryl methyl sites for hydroxylation is 1. The van der Waals surface area contributed by atoms with Gasteiger partial charge in [0, 0.05) is 18.8 Å². The summed E-state index contributed by atoms with van der Waals surface area (Å²) in [6.45, 7) is 2.96. The minimum Gasteiger partial charge on any atom is -0.389 e. The Labute approximate surface area is 121 Å². The van der Waals surface area contributed by atoms with Crippen molar-refractivity contribution in [3.63, 3.8) is 0 Å². The Kier molecular flexibility index (Phi) is 4.08. The van der Waals surface area contributed by atoms with Gasteiger partial charge in [-0.2, -0.15) is 0 Å². The van der Waals surface area contributed by atoms with E-state index in [1.807, 2.05) is 12.3 Å². The first-order valence-corrected chi connectivity index (χ1v) is 8.06. The summed E-state index contributed by atoms with van der Waals surface area (Å²) in [5.74, 6) is 0.646. The van der Waals surface area contributed by atoms with Gasteiger partial charge in [-0.25, -0.2) is 0 Å². The molecule has 110 valence electrons. The fourth-order valence-electron chi connectivity index (χ4n) is 3.91. The van der Waals surface area contributed by atoms with E-state index in [2.05, 4.69) is 23.3 Å². The predicted octanol–water partition coefficient (Wildman–Crippen LogP) is 2.99. The maximum atomic E-state index is 10.7. The third kappa shape index (κ3) is 3.04. The molecule has 20 heavy (non-hydrogen) atoms. The minimum absolute atomic E-state index is 0.321. The smallest absolute Gasteiger partial charge is 0.0774 e. The van der Waals surface area contributed by atoms with Crippen LogP contribution in [-0.4, -0.2) is 22.2 Å². The Hall–Kier alpha value is -0.930. The zero-order valence-corrected chi connectivity index (χ0v) is 12.4. The number of nitrogens with zero attached hydrogens (tertiary/aromatic N) is 1. The molecule has 1 heterocycles. The van der Waals surface area contributed by atoms with Crippen LogP contribution in [0.1, 0.15) is 62.7 Å². The number of aromatic nitrogens is 1. The summed E-state index contributed by atoms with van der Waals surface area (Å²) in [6.07, 6.45) is 9.66. The van der Waals surface area contributed by atoms with E-state index in [9.17, 15) is 5.11 Å². The summed E-state index contributed by atoms with van der Waals surface area (Å²) in [5, 5.41) is 14.3. The van der Waals surface area contributed by atoms with Crippen LogP contribution in [0.5, 0.6) is 0 Å². The number of fused-ring (bicyclic) bond motifs is 1. The SMILES string of the molecule is CC1CCCC(O)(CNC2CCCc3cccnc32)C1. The van der Waals surface area contributed by atoms with E-state index in [-0.39, 0.29) is 0 Å². The van der Waals surface area contributed by atoms with Gasteiger partial charge in [-0.05, 0) is 49.7 Å². The van der Waals surface area contributed by atoms with Crippen molar-refractivity contribution in [2.24, 2.45) is 5.92 Å². The number of pyridine rings is 1. The zero-order valence-electron chi connectivity index (χ0n) is 12.4. The summed E-state index contributed by atoms with van der Waals surface area (Å²) < 4.78 is 0. The van der Waals surface area contributed by atoms with Gasteiger partial charge in [0.1, 0.15) is 0 Å². The van der Waals surface area contributed by atoms with Gasteiger partial charge in [-0.3, -0.25) is 4.98 Å². The molecule has 0 spiro atoms. The highest BCUT2D eigenvalue weighted by atomic mass is 16.3. The lowest BCUT2D eigenvalue weighted by atomic mass is 9.78. The Balaban J connectivity index is 1.64. The summed E-state index contributed by atoms with van der Waals surface area (Å²) >= 11 is 0. The van der Waals surface area contributed by atoms with Gasteiger partial charge in [0.05, 0.1) is 11.3 Å². The molecule has 0 aromatic carbocycles. The molecule has 3 heteroatoms. The molecule has 1 aromatic rings. The molecule has 0 aliphatic heterocycles. The third-order valence-corrected chi connectivity index (χ3v) is 4.94. The molecule has 3 atom stereocenters. The summed E-state index contributed by atoms with van der Waals surface area (Å²) in [7, 11) is 0. The predicted molar refractivity (Wildman–Crippen MR) is 80.5 cm³/mol. The van der Waals surface area contributed by atoms with Crippen LogP contribution in [0.2, 0.25) is 0 Å². The molecular formula is C17H26N2O. The average molecular weight is 274 g/mol. The van der Waals surface area contributed by atoms with Crippen LogP contribution in [0, 0.1) is 5.92 Å². The van der Waals surface area contributed by atoms with E-state index >= 15 is 0 Å². The van der Waals surface area contributed by atoms with Crippen LogP contribution < -0.4 is 5.32 Å². The molecule has 0 saturated heterocycles. The quantitative estimate of drug-likeness (QED) is 0.890. The molecule has 0 radical (unpaired) electrons. The Morgan fingerprint density at radius 2 is 2.30 bits per heavy atom. The van der Waals surface area contributed by atoms with E-state index in [0.717, 1.165) is 32.1 Å². The van der Waals surface area contributed by atoms with Crippen molar-refractivity contribution in [2.75, 3.05) is 6.54 Å². The second-order valence-corrected chi connectivity index (χ2v) is 6.80. The average Bonchev–Trinajstić information content (AvgIpc) is 2.45. The molecule has 2 aliphatic rings. The highest BCUT2D eigenvalue weighted by Crippen LogP contribution is 2.33. The zero-order chi connectivity index (χ0) is 14.0. The van der Waals surface area contributed by atoms with Gasteiger partial charge < -0.3 is 10.4 Å². The summed E-state index contributed by atoms with van der Waals surface area (Å²) in [4.78, 5) is 4.56. The van der Waals surface area contributed by atoms with Gasteiger partial charge in [-0.15, -0.1) is 0 Å². The Bertz CT molecular complexity index is 462. The topological polar surface area (TPSA) is 45.1 Å². The standard InChI is InChI=1S/C17H26N2O/c1-13-5-3-9-17(20,11-13)12-19-15-8-2-6-14-7-4-10-18-16(14)15/h4,7,10,13,15,19-20H,2-3,5-6,8-9,11-12H2,1H3. The second kappa shape index (κ2) is 5.82. The van der Waals surface area contributed by atoms with Crippen molar-refractivity contribution in [1.29, 1.82) is 0 Å². The van der Waals surface area contributed by atoms with Crippen molar-refractivity contribution in [2.45, 2.75) is 63.5 Å². The number of aliphatic hydroxyl groups is 1. The first-order valence-electron chi connectivity index (χ1n) is 8.06. The van der Waals surface area contributed by atoms with Crippen LogP contribution in [-0.2, 0) is 6.42 Å².